The number of hydrogen-bond donors (Lipinski definition) is 0. The van der Waals surface area contributed by atoms with E-state index in [0.29, 0.717) is 24.1 Å². The smallest absolute Gasteiger partial charge is 0.266 e. The third-order valence-corrected chi connectivity index (χ3v) is 9.15. The van der Waals surface area contributed by atoms with Gasteiger partial charge in [0, 0.05) is 9.61 Å². The number of amides is 1. The number of halogens is 1. The maximum absolute atomic E-state index is 13.7. The molecule has 37 heavy (non-hydrogen) atoms. The Hall–Kier alpha value is -2.00. The first-order valence-corrected chi connectivity index (χ1v) is 15.4. The summed E-state index contributed by atoms with van der Waals surface area (Å²) in [5.41, 5.74) is 2.03. The molecule has 1 amide bonds. The van der Waals surface area contributed by atoms with Gasteiger partial charge in [-0.2, -0.15) is 0 Å². The summed E-state index contributed by atoms with van der Waals surface area (Å²) in [4.78, 5) is 21.6. The first kappa shape index (κ1) is 26.6. The summed E-state index contributed by atoms with van der Waals surface area (Å²) in [6.45, 7) is 0.472. The summed E-state index contributed by atoms with van der Waals surface area (Å²) in [7, 11) is 1.65. The minimum absolute atomic E-state index is 0.101. The monoisotopic (exact) mass is 630 g/mol. The number of carbonyl (C=O) groups is 1. The average Bonchev–Trinajstić information content (AvgIpc) is 3.23. The Labute approximate surface area is 238 Å². The van der Waals surface area contributed by atoms with Gasteiger partial charge in [0.2, 0.25) is 0 Å². The van der Waals surface area contributed by atoms with E-state index in [2.05, 4.69) is 46.9 Å². The molecule has 5 rings (SSSR count). The first-order valence-electron chi connectivity index (χ1n) is 13.5. The second-order valence-electron chi connectivity index (χ2n) is 10.1. The van der Waals surface area contributed by atoms with Gasteiger partial charge in [0.15, 0.2) is 16.7 Å². The number of methoxy groups -OCH3 is 1. The van der Waals surface area contributed by atoms with Crippen LogP contribution in [0.3, 0.4) is 0 Å². The number of aliphatic imine (C=N–C) groups is 1. The number of carbonyl (C=O) groups excluding carboxylic acids is 1. The van der Waals surface area contributed by atoms with Gasteiger partial charge in [-0.05, 0) is 102 Å². The Morgan fingerprint density at radius 1 is 0.973 bits per heavy atom. The fraction of sp³-hybridized carbons (Fsp3) is 0.467. The van der Waals surface area contributed by atoms with Gasteiger partial charge in [0.1, 0.15) is 6.61 Å². The number of amidine groups is 1. The number of thioether (sulfide) groups is 1. The molecule has 0 radical (unpaired) electrons. The summed E-state index contributed by atoms with van der Waals surface area (Å²) in [6.07, 6.45) is 13.8. The minimum atomic E-state index is 0.101. The van der Waals surface area contributed by atoms with E-state index in [4.69, 9.17) is 14.5 Å². The highest BCUT2D eigenvalue weighted by Crippen LogP contribution is 2.39. The molecule has 2 aliphatic carbocycles. The predicted octanol–water partition coefficient (Wildman–Crippen LogP) is 7.82. The van der Waals surface area contributed by atoms with Gasteiger partial charge >= 0.3 is 0 Å². The lowest BCUT2D eigenvalue weighted by Gasteiger charge is -2.31. The third kappa shape index (κ3) is 6.72. The molecule has 0 atom stereocenters. The largest absolute Gasteiger partial charge is 0.493 e. The molecule has 196 valence electrons. The van der Waals surface area contributed by atoms with Crippen LogP contribution >= 0.6 is 34.4 Å². The molecule has 3 aliphatic rings. The molecule has 0 bridgehead atoms. The predicted molar refractivity (Wildman–Crippen MR) is 160 cm³/mol. The average molecular weight is 631 g/mol. The van der Waals surface area contributed by atoms with E-state index < -0.39 is 0 Å². The van der Waals surface area contributed by atoms with Crippen molar-refractivity contribution >= 4 is 51.5 Å². The van der Waals surface area contributed by atoms with Crippen LogP contribution in [0.4, 0.5) is 0 Å². The lowest BCUT2D eigenvalue weighted by molar-refractivity contribution is -0.124. The van der Waals surface area contributed by atoms with E-state index in [9.17, 15) is 4.79 Å². The lowest BCUT2D eigenvalue weighted by atomic mass is 9.94. The molecule has 0 spiro atoms. The van der Waals surface area contributed by atoms with Crippen LogP contribution in [0.2, 0.25) is 0 Å². The maximum atomic E-state index is 13.7. The SMILES string of the molecule is COc1cc(/C=C2\SC(=NC3CCCCC3)N(C3CCCCC3)C2=O)ccc1OCc1ccc(I)cc1. The third-order valence-electron chi connectivity index (χ3n) is 7.44. The highest BCUT2D eigenvalue weighted by atomic mass is 127. The van der Waals surface area contributed by atoms with Gasteiger partial charge in [0.05, 0.1) is 18.1 Å². The molecule has 0 aromatic heterocycles. The highest BCUT2D eigenvalue weighted by molar-refractivity contribution is 14.1. The Balaban J connectivity index is 1.35. The minimum Gasteiger partial charge on any atom is -0.493 e. The topological polar surface area (TPSA) is 51.1 Å². The number of hydrogen-bond acceptors (Lipinski definition) is 5. The Kier molecular flexibility index (Phi) is 9.13. The van der Waals surface area contributed by atoms with Crippen molar-refractivity contribution in [3.63, 3.8) is 0 Å². The summed E-state index contributed by atoms with van der Waals surface area (Å²) >= 11 is 3.85. The van der Waals surface area contributed by atoms with Gasteiger partial charge in [-0.25, -0.2) is 0 Å². The number of nitrogens with zero attached hydrogens (tertiary/aromatic N) is 2. The Bertz CT molecular complexity index is 1150. The number of ether oxygens (including phenoxy) is 2. The van der Waals surface area contributed by atoms with E-state index in [-0.39, 0.29) is 11.9 Å². The molecular weight excluding hydrogens is 595 g/mol. The second kappa shape index (κ2) is 12.7. The highest BCUT2D eigenvalue weighted by Gasteiger charge is 2.39. The van der Waals surface area contributed by atoms with E-state index in [0.717, 1.165) is 46.9 Å². The van der Waals surface area contributed by atoms with E-state index in [1.807, 2.05) is 29.2 Å². The summed E-state index contributed by atoms with van der Waals surface area (Å²) < 4.78 is 12.9. The molecule has 2 aromatic rings. The zero-order valence-electron chi connectivity index (χ0n) is 21.5. The summed E-state index contributed by atoms with van der Waals surface area (Å²) in [5, 5.41) is 0.916. The molecule has 0 N–H and O–H groups in total. The van der Waals surface area contributed by atoms with E-state index in [1.54, 1.807) is 18.9 Å². The zero-order chi connectivity index (χ0) is 25.6. The molecule has 0 unspecified atom stereocenters. The van der Waals surface area contributed by atoms with Crippen LogP contribution in [-0.4, -0.2) is 35.2 Å². The van der Waals surface area contributed by atoms with Crippen LogP contribution in [0.15, 0.2) is 52.4 Å². The second-order valence-corrected chi connectivity index (χ2v) is 12.4. The Morgan fingerprint density at radius 3 is 2.38 bits per heavy atom. The van der Waals surface area contributed by atoms with Gasteiger partial charge < -0.3 is 9.47 Å². The summed E-state index contributed by atoms with van der Waals surface area (Å²) in [6, 6.07) is 14.8. The van der Waals surface area contributed by atoms with Crippen molar-refractivity contribution in [3.8, 4) is 11.5 Å². The van der Waals surface area contributed by atoms with Gasteiger partial charge in [-0.15, -0.1) is 0 Å². The van der Waals surface area contributed by atoms with Crippen molar-refractivity contribution in [1.82, 2.24) is 4.90 Å². The van der Waals surface area contributed by atoms with Crippen molar-refractivity contribution in [2.24, 2.45) is 4.99 Å². The van der Waals surface area contributed by atoms with Crippen LogP contribution < -0.4 is 9.47 Å². The van der Waals surface area contributed by atoms with Crippen molar-refractivity contribution in [2.45, 2.75) is 82.9 Å². The standard InChI is InChI=1S/C30H35IN2O3S/c1-35-27-18-22(14-17-26(27)36-20-21-12-15-23(31)16-13-21)19-28-29(34)33(25-10-6-3-7-11-25)30(37-28)32-24-8-4-2-5-9-24/h12-19,24-25H,2-11,20H2,1H3/b28-19-,32-30?. The molecule has 1 heterocycles. The summed E-state index contributed by atoms with van der Waals surface area (Å²) in [5.74, 6) is 1.46. The van der Waals surface area contributed by atoms with E-state index >= 15 is 0 Å². The quantitative estimate of drug-likeness (QED) is 0.231. The fourth-order valence-corrected chi connectivity index (χ4v) is 6.86. The number of benzene rings is 2. The van der Waals surface area contributed by atoms with Crippen LogP contribution in [0.25, 0.3) is 6.08 Å². The van der Waals surface area contributed by atoms with Crippen molar-refractivity contribution in [3.05, 3.63) is 62.1 Å². The molecule has 2 aromatic carbocycles. The van der Waals surface area contributed by atoms with Gasteiger partial charge in [-0.3, -0.25) is 14.7 Å². The van der Waals surface area contributed by atoms with Crippen molar-refractivity contribution in [2.75, 3.05) is 7.11 Å². The van der Waals surface area contributed by atoms with Crippen LogP contribution in [0.1, 0.15) is 75.3 Å². The number of rotatable bonds is 7. The van der Waals surface area contributed by atoms with Crippen LogP contribution in [0, 0.1) is 3.57 Å². The van der Waals surface area contributed by atoms with Crippen molar-refractivity contribution < 1.29 is 14.3 Å². The molecule has 3 fully saturated rings. The lowest BCUT2D eigenvalue weighted by Crippen LogP contribution is -2.41. The molecule has 5 nitrogen and oxygen atoms in total. The Morgan fingerprint density at radius 2 is 1.68 bits per heavy atom. The molecule has 7 heteroatoms. The maximum Gasteiger partial charge on any atom is 0.266 e. The normalized spacial score (nSPS) is 21.7. The first-order chi connectivity index (χ1) is 18.1. The molecular formula is C30H35IN2O3S. The van der Waals surface area contributed by atoms with Gasteiger partial charge in [-0.1, -0.05) is 56.7 Å². The van der Waals surface area contributed by atoms with Gasteiger partial charge in [0.25, 0.3) is 5.91 Å². The molecule has 2 saturated carbocycles. The molecule has 1 saturated heterocycles. The van der Waals surface area contributed by atoms with Crippen LogP contribution in [0.5, 0.6) is 11.5 Å². The zero-order valence-corrected chi connectivity index (χ0v) is 24.4. The van der Waals surface area contributed by atoms with E-state index in [1.165, 1.54) is 42.1 Å². The van der Waals surface area contributed by atoms with Crippen molar-refractivity contribution in [1.29, 1.82) is 0 Å². The fourth-order valence-electron chi connectivity index (χ4n) is 5.39. The van der Waals surface area contributed by atoms with Crippen LogP contribution in [-0.2, 0) is 11.4 Å². The molecule has 1 aliphatic heterocycles.